The molecule has 0 unspecified atom stereocenters. The first-order chi connectivity index (χ1) is 13.5. The Bertz CT molecular complexity index is 1080. The van der Waals surface area contributed by atoms with Gasteiger partial charge in [0, 0.05) is 24.5 Å². The molecule has 6 nitrogen and oxygen atoms in total. The number of alkyl halides is 3. The van der Waals surface area contributed by atoms with E-state index >= 15 is 0 Å². The van der Waals surface area contributed by atoms with E-state index in [2.05, 4.69) is 25.1 Å². The summed E-state index contributed by atoms with van der Waals surface area (Å²) < 4.78 is 42.9. The molecule has 1 N–H and O–H groups in total. The molecule has 4 aromatic rings. The minimum Gasteiger partial charge on any atom is -0.406 e. The van der Waals surface area contributed by atoms with Gasteiger partial charge in [0.25, 0.3) is 0 Å². The topological polar surface area (TPSA) is 64.3 Å². The van der Waals surface area contributed by atoms with Gasteiger partial charge in [0.2, 0.25) is 10.1 Å². The number of pyridine rings is 1. The normalized spacial score (nSPS) is 11.7. The van der Waals surface area contributed by atoms with Crippen molar-refractivity contribution >= 4 is 21.4 Å². The summed E-state index contributed by atoms with van der Waals surface area (Å²) >= 11 is 1.37. The van der Waals surface area contributed by atoms with Crippen LogP contribution in [-0.4, -0.2) is 32.5 Å². The van der Waals surface area contributed by atoms with E-state index in [0.29, 0.717) is 27.9 Å². The molecule has 0 aliphatic carbocycles. The highest BCUT2D eigenvalue weighted by atomic mass is 32.1. The number of hydrogen-bond acceptors (Lipinski definition) is 6. The maximum atomic E-state index is 12.5. The van der Waals surface area contributed by atoms with Crippen molar-refractivity contribution < 1.29 is 17.9 Å². The summed E-state index contributed by atoms with van der Waals surface area (Å²) in [5.41, 5.74) is 2.27. The number of imidazole rings is 1. The average molecular weight is 405 g/mol. The van der Waals surface area contributed by atoms with E-state index in [9.17, 15) is 13.2 Å². The number of ether oxygens (including phenoxy) is 1. The number of anilines is 1. The van der Waals surface area contributed by atoms with Crippen molar-refractivity contribution in [1.29, 1.82) is 0 Å². The summed E-state index contributed by atoms with van der Waals surface area (Å²) in [6.07, 6.45) is 1.14. The van der Waals surface area contributed by atoms with Gasteiger partial charge in [0.05, 0.1) is 11.9 Å². The maximum absolute atomic E-state index is 12.5. The van der Waals surface area contributed by atoms with E-state index in [0.717, 1.165) is 12.0 Å². The molecule has 0 aliphatic heterocycles. The second-order valence-electron chi connectivity index (χ2n) is 5.85. The lowest BCUT2D eigenvalue weighted by molar-refractivity contribution is -0.274. The molecule has 3 heterocycles. The van der Waals surface area contributed by atoms with Crippen molar-refractivity contribution in [2.24, 2.45) is 0 Å². The number of rotatable bonds is 6. The molecule has 0 radical (unpaired) electrons. The van der Waals surface area contributed by atoms with E-state index in [1.807, 2.05) is 12.1 Å². The predicted molar refractivity (Wildman–Crippen MR) is 99.4 cm³/mol. The van der Waals surface area contributed by atoms with Crippen LogP contribution in [0.1, 0.15) is 5.56 Å². The Balaban J connectivity index is 1.51. The summed E-state index contributed by atoms with van der Waals surface area (Å²) in [7, 11) is 0. The average Bonchev–Trinajstić information content (AvgIpc) is 3.21. The van der Waals surface area contributed by atoms with Crippen LogP contribution in [0.5, 0.6) is 5.75 Å². The SMILES string of the molecule is FC(F)(F)Oc1cccc(-c2cnc3sc(NCCc4ccncc4)nn23)c1. The molecule has 10 heteroatoms. The van der Waals surface area contributed by atoms with Gasteiger partial charge in [0.1, 0.15) is 5.75 Å². The van der Waals surface area contributed by atoms with Crippen molar-refractivity contribution in [1.82, 2.24) is 19.6 Å². The van der Waals surface area contributed by atoms with Crippen LogP contribution in [0.25, 0.3) is 16.2 Å². The van der Waals surface area contributed by atoms with Crippen molar-refractivity contribution in [2.45, 2.75) is 12.8 Å². The number of nitrogens with one attached hydrogen (secondary N) is 1. The Morgan fingerprint density at radius 1 is 1.14 bits per heavy atom. The van der Waals surface area contributed by atoms with Gasteiger partial charge < -0.3 is 10.1 Å². The molecule has 0 atom stereocenters. The summed E-state index contributed by atoms with van der Waals surface area (Å²) in [5.74, 6) is -0.286. The monoisotopic (exact) mass is 405 g/mol. The molecule has 0 aliphatic rings. The van der Waals surface area contributed by atoms with Crippen molar-refractivity contribution in [2.75, 3.05) is 11.9 Å². The highest BCUT2D eigenvalue weighted by molar-refractivity contribution is 7.20. The molecule has 3 aromatic heterocycles. The van der Waals surface area contributed by atoms with Gasteiger partial charge >= 0.3 is 6.36 Å². The molecule has 0 bridgehead atoms. The number of halogens is 3. The van der Waals surface area contributed by atoms with Crippen LogP contribution in [0.4, 0.5) is 18.3 Å². The van der Waals surface area contributed by atoms with Crippen LogP contribution in [-0.2, 0) is 6.42 Å². The molecule has 28 heavy (non-hydrogen) atoms. The van der Waals surface area contributed by atoms with Crippen molar-refractivity contribution in [3.63, 3.8) is 0 Å². The fraction of sp³-hybridized carbons (Fsp3) is 0.167. The third kappa shape index (κ3) is 4.22. The standard InChI is InChI=1S/C18H14F3N5OS/c19-18(20,21)27-14-3-1-2-13(10-14)15-11-24-17-26(15)25-16(28-17)23-9-6-12-4-7-22-8-5-12/h1-5,7-8,10-11H,6,9H2,(H,23,25). The molecule has 4 rings (SSSR count). The second kappa shape index (κ2) is 7.47. The highest BCUT2D eigenvalue weighted by Gasteiger charge is 2.31. The molecule has 1 aromatic carbocycles. The highest BCUT2D eigenvalue weighted by Crippen LogP contribution is 2.30. The first kappa shape index (κ1) is 18.2. The maximum Gasteiger partial charge on any atom is 0.573 e. The van der Waals surface area contributed by atoms with Gasteiger partial charge in [-0.3, -0.25) is 4.98 Å². The van der Waals surface area contributed by atoms with Gasteiger partial charge in [-0.15, -0.1) is 18.3 Å². The van der Waals surface area contributed by atoms with Gasteiger partial charge in [0.15, 0.2) is 0 Å². The Hall–Kier alpha value is -3.14. The summed E-state index contributed by atoms with van der Waals surface area (Å²) in [4.78, 5) is 8.92. The first-order valence-corrected chi connectivity index (χ1v) is 9.13. The third-order valence-corrected chi connectivity index (χ3v) is 4.77. The van der Waals surface area contributed by atoms with Crippen LogP contribution in [0.2, 0.25) is 0 Å². The largest absolute Gasteiger partial charge is 0.573 e. The van der Waals surface area contributed by atoms with Crippen LogP contribution in [0.3, 0.4) is 0 Å². The van der Waals surface area contributed by atoms with Crippen molar-refractivity contribution in [3.05, 3.63) is 60.6 Å². The first-order valence-electron chi connectivity index (χ1n) is 8.31. The number of benzene rings is 1. The quantitative estimate of drug-likeness (QED) is 0.515. The van der Waals surface area contributed by atoms with Crippen LogP contribution >= 0.6 is 11.3 Å². The van der Waals surface area contributed by atoms with Gasteiger partial charge in [-0.2, -0.15) is 0 Å². The smallest absolute Gasteiger partial charge is 0.406 e. The summed E-state index contributed by atoms with van der Waals surface area (Å²) in [5, 5.41) is 8.39. The van der Waals surface area contributed by atoms with Crippen molar-refractivity contribution in [3.8, 4) is 17.0 Å². The molecular formula is C18H14F3N5OS. The van der Waals surface area contributed by atoms with Gasteiger partial charge in [-0.1, -0.05) is 23.5 Å². The van der Waals surface area contributed by atoms with Gasteiger partial charge in [-0.05, 0) is 36.2 Å². The molecule has 144 valence electrons. The summed E-state index contributed by atoms with van der Waals surface area (Å²) in [6.45, 7) is 0.685. The number of aromatic nitrogens is 4. The molecule has 0 amide bonds. The Morgan fingerprint density at radius 2 is 1.96 bits per heavy atom. The fourth-order valence-electron chi connectivity index (χ4n) is 2.68. The van der Waals surface area contributed by atoms with E-state index in [1.54, 1.807) is 29.2 Å². The zero-order valence-electron chi connectivity index (χ0n) is 14.3. The molecule has 0 saturated carbocycles. The zero-order chi connectivity index (χ0) is 19.6. The molecule has 0 spiro atoms. The second-order valence-corrected chi connectivity index (χ2v) is 6.81. The Morgan fingerprint density at radius 3 is 2.75 bits per heavy atom. The van der Waals surface area contributed by atoms with Crippen LogP contribution in [0.15, 0.2) is 55.0 Å². The lowest BCUT2D eigenvalue weighted by atomic mass is 10.1. The third-order valence-electron chi connectivity index (χ3n) is 3.89. The molecular weight excluding hydrogens is 391 g/mol. The van der Waals surface area contributed by atoms with E-state index in [1.165, 1.54) is 29.5 Å². The van der Waals surface area contributed by atoms with E-state index in [-0.39, 0.29) is 5.75 Å². The number of fused-ring (bicyclic) bond motifs is 1. The lowest BCUT2D eigenvalue weighted by Crippen LogP contribution is -2.17. The van der Waals surface area contributed by atoms with Crippen LogP contribution < -0.4 is 10.1 Å². The van der Waals surface area contributed by atoms with E-state index in [4.69, 9.17) is 0 Å². The molecule has 0 fully saturated rings. The Kier molecular flexibility index (Phi) is 4.86. The minimum absolute atomic E-state index is 0.286. The van der Waals surface area contributed by atoms with Crippen LogP contribution in [0, 0.1) is 0 Å². The Labute approximate surface area is 161 Å². The fourth-order valence-corrected chi connectivity index (χ4v) is 3.48. The lowest BCUT2D eigenvalue weighted by Gasteiger charge is -2.09. The summed E-state index contributed by atoms with van der Waals surface area (Å²) in [6, 6.07) is 9.64. The van der Waals surface area contributed by atoms with Gasteiger partial charge in [-0.25, -0.2) is 9.50 Å². The molecule has 0 saturated heterocycles. The van der Waals surface area contributed by atoms with E-state index < -0.39 is 6.36 Å². The number of nitrogens with zero attached hydrogens (tertiary/aromatic N) is 4. The zero-order valence-corrected chi connectivity index (χ0v) is 15.2. The number of hydrogen-bond donors (Lipinski definition) is 1. The minimum atomic E-state index is -4.74. The predicted octanol–water partition coefficient (Wildman–Crippen LogP) is 4.41.